The van der Waals surface area contributed by atoms with E-state index in [-0.39, 0.29) is 17.9 Å². The fourth-order valence-corrected chi connectivity index (χ4v) is 1.96. The summed E-state index contributed by atoms with van der Waals surface area (Å²) < 4.78 is 0. The number of nitrogens with one attached hydrogen (secondary N) is 1. The fraction of sp³-hybridized carbons (Fsp3) is 0.818. The molecule has 1 saturated carbocycles. The van der Waals surface area contributed by atoms with E-state index in [9.17, 15) is 4.79 Å². The van der Waals surface area contributed by atoms with E-state index in [4.69, 9.17) is 11.0 Å². The summed E-state index contributed by atoms with van der Waals surface area (Å²) in [6.45, 7) is 3.64. The fourth-order valence-electron chi connectivity index (χ4n) is 1.96. The summed E-state index contributed by atoms with van der Waals surface area (Å²) in [6.07, 6.45) is 3.14. The number of rotatable bonds is 3. The normalized spacial score (nSPS) is 26.0. The first-order valence-electron chi connectivity index (χ1n) is 5.40. The average Bonchev–Trinajstić information content (AvgIpc) is 2.48. The van der Waals surface area contributed by atoms with Crippen LogP contribution in [0, 0.1) is 17.2 Å². The summed E-state index contributed by atoms with van der Waals surface area (Å²) in [5.74, 6) is -0.0653. The van der Waals surface area contributed by atoms with Crippen LogP contribution >= 0.6 is 0 Å². The molecule has 0 aromatic carbocycles. The molecule has 0 aliphatic heterocycles. The van der Waals surface area contributed by atoms with E-state index in [2.05, 4.69) is 11.4 Å². The van der Waals surface area contributed by atoms with Gasteiger partial charge in [0.2, 0.25) is 5.91 Å². The average molecular weight is 209 g/mol. The molecule has 1 aliphatic rings. The first-order valence-corrected chi connectivity index (χ1v) is 5.40. The van der Waals surface area contributed by atoms with Crippen molar-refractivity contribution in [2.45, 2.75) is 51.1 Å². The Balaban J connectivity index is 2.42. The molecule has 2 unspecified atom stereocenters. The van der Waals surface area contributed by atoms with Crippen molar-refractivity contribution in [2.24, 2.45) is 11.7 Å². The van der Waals surface area contributed by atoms with Gasteiger partial charge in [-0.2, -0.15) is 5.26 Å². The van der Waals surface area contributed by atoms with Gasteiger partial charge in [0.15, 0.2) is 0 Å². The Morgan fingerprint density at radius 2 is 2.27 bits per heavy atom. The van der Waals surface area contributed by atoms with Crippen molar-refractivity contribution < 1.29 is 4.79 Å². The number of carbonyl (C=O) groups is 1. The largest absolute Gasteiger partial charge is 0.352 e. The third kappa shape index (κ3) is 3.88. The molecule has 1 rings (SSSR count). The zero-order valence-electron chi connectivity index (χ0n) is 9.42. The van der Waals surface area contributed by atoms with Gasteiger partial charge in [-0.25, -0.2) is 0 Å². The van der Waals surface area contributed by atoms with Crippen molar-refractivity contribution in [1.29, 1.82) is 5.26 Å². The molecule has 4 heteroatoms. The Morgan fingerprint density at radius 1 is 1.60 bits per heavy atom. The molecule has 2 atom stereocenters. The molecule has 1 fully saturated rings. The number of nitrogens with zero attached hydrogens (tertiary/aromatic N) is 1. The van der Waals surface area contributed by atoms with Crippen molar-refractivity contribution in [3.63, 3.8) is 0 Å². The SMILES string of the molecule is CC(C)(N)CC(=O)NC1CCCC1C#N. The van der Waals surface area contributed by atoms with Crippen LogP contribution in [0.15, 0.2) is 0 Å². The van der Waals surface area contributed by atoms with Gasteiger partial charge in [0, 0.05) is 18.0 Å². The van der Waals surface area contributed by atoms with Gasteiger partial charge in [-0.3, -0.25) is 4.79 Å². The maximum atomic E-state index is 11.6. The molecule has 1 aliphatic carbocycles. The zero-order valence-corrected chi connectivity index (χ0v) is 9.42. The highest BCUT2D eigenvalue weighted by molar-refractivity contribution is 5.77. The molecule has 0 radical (unpaired) electrons. The van der Waals surface area contributed by atoms with Crippen LogP contribution in [0.3, 0.4) is 0 Å². The quantitative estimate of drug-likeness (QED) is 0.725. The van der Waals surface area contributed by atoms with Crippen molar-refractivity contribution in [1.82, 2.24) is 5.32 Å². The van der Waals surface area contributed by atoms with Crippen molar-refractivity contribution in [3.05, 3.63) is 0 Å². The van der Waals surface area contributed by atoms with E-state index in [1.165, 1.54) is 0 Å². The highest BCUT2D eigenvalue weighted by Gasteiger charge is 2.29. The molecule has 4 nitrogen and oxygen atoms in total. The first kappa shape index (κ1) is 12.0. The summed E-state index contributed by atoms with van der Waals surface area (Å²) >= 11 is 0. The molecule has 0 heterocycles. The second-order valence-corrected chi connectivity index (χ2v) is 5.01. The van der Waals surface area contributed by atoms with Crippen molar-refractivity contribution in [2.75, 3.05) is 0 Å². The van der Waals surface area contributed by atoms with Gasteiger partial charge < -0.3 is 11.1 Å². The van der Waals surface area contributed by atoms with E-state index in [0.717, 1.165) is 19.3 Å². The third-order valence-electron chi connectivity index (χ3n) is 2.64. The van der Waals surface area contributed by atoms with Gasteiger partial charge in [-0.15, -0.1) is 0 Å². The lowest BCUT2D eigenvalue weighted by atomic mass is 10.0. The van der Waals surface area contributed by atoms with E-state index in [1.54, 1.807) is 0 Å². The summed E-state index contributed by atoms with van der Waals surface area (Å²) in [6, 6.07) is 2.27. The van der Waals surface area contributed by atoms with E-state index in [1.807, 2.05) is 13.8 Å². The molecule has 0 bridgehead atoms. The van der Waals surface area contributed by atoms with Crippen LogP contribution in [-0.4, -0.2) is 17.5 Å². The number of amides is 1. The van der Waals surface area contributed by atoms with Gasteiger partial charge in [0.1, 0.15) is 0 Å². The Hall–Kier alpha value is -1.08. The Morgan fingerprint density at radius 3 is 2.80 bits per heavy atom. The van der Waals surface area contributed by atoms with E-state index in [0.29, 0.717) is 6.42 Å². The van der Waals surface area contributed by atoms with E-state index >= 15 is 0 Å². The smallest absolute Gasteiger partial charge is 0.222 e. The summed E-state index contributed by atoms with van der Waals surface area (Å²) in [4.78, 5) is 11.6. The van der Waals surface area contributed by atoms with Crippen LogP contribution in [0.25, 0.3) is 0 Å². The molecular weight excluding hydrogens is 190 g/mol. The lowest BCUT2D eigenvalue weighted by Gasteiger charge is -2.21. The van der Waals surface area contributed by atoms with Crippen LogP contribution < -0.4 is 11.1 Å². The van der Waals surface area contributed by atoms with E-state index < -0.39 is 5.54 Å². The minimum Gasteiger partial charge on any atom is -0.352 e. The molecule has 0 aromatic rings. The Labute approximate surface area is 90.8 Å². The lowest BCUT2D eigenvalue weighted by molar-refractivity contribution is -0.122. The maximum absolute atomic E-state index is 11.6. The van der Waals surface area contributed by atoms with Gasteiger partial charge in [-0.1, -0.05) is 0 Å². The topological polar surface area (TPSA) is 78.9 Å². The molecule has 1 amide bonds. The zero-order chi connectivity index (χ0) is 11.5. The minimum atomic E-state index is -0.481. The van der Waals surface area contributed by atoms with Gasteiger partial charge in [0.05, 0.1) is 12.0 Å². The number of carbonyl (C=O) groups excluding carboxylic acids is 1. The number of hydrogen-bond acceptors (Lipinski definition) is 3. The molecule has 3 N–H and O–H groups in total. The highest BCUT2D eigenvalue weighted by atomic mass is 16.1. The third-order valence-corrected chi connectivity index (χ3v) is 2.64. The van der Waals surface area contributed by atoms with Crippen LogP contribution in [0.4, 0.5) is 0 Å². The Kier molecular flexibility index (Phi) is 3.70. The molecule has 15 heavy (non-hydrogen) atoms. The van der Waals surface area contributed by atoms with Gasteiger partial charge in [-0.05, 0) is 33.1 Å². The number of nitriles is 1. The second kappa shape index (κ2) is 4.63. The molecular formula is C11H19N3O. The number of hydrogen-bond donors (Lipinski definition) is 2. The monoisotopic (exact) mass is 209 g/mol. The predicted molar refractivity (Wildman–Crippen MR) is 57.8 cm³/mol. The Bertz CT molecular complexity index is 275. The predicted octanol–water partition coefficient (Wildman–Crippen LogP) is 0.922. The summed E-state index contributed by atoms with van der Waals surface area (Å²) in [5, 5.41) is 11.8. The summed E-state index contributed by atoms with van der Waals surface area (Å²) in [7, 11) is 0. The van der Waals surface area contributed by atoms with Gasteiger partial charge >= 0.3 is 0 Å². The van der Waals surface area contributed by atoms with Crippen molar-refractivity contribution >= 4 is 5.91 Å². The molecule has 0 spiro atoms. The van der Waals surface area contributed by atoms with Crippen molar-refractivity contribution in [3.8, 4) is 6.07 Å². The summed E-state index contributed by atoms with van der Waals surface area (Å²) in [5.41, 5.74) is 5.27. The standard InChI is InChI=1S/C11H19N3O/c1-11(2,13)6-10(15)14-9-5-3-4-8(9)7-12/h8-9H,3-6,13H2,1-2H3,(H,14,15). The second-order valence-electron chi connectivity index (χ2n) is 5.01. The van der Waals surface area contributed by atoms with Gasteiger partial charge in [0.25, 0.3) is 0 Å². The maximum Gasteiger partial charge on any atom is 0.222 e. The minimum absolute atomic E-state index is 0.0187. The number of nitrogens with two attached hydrogens (primary N) is 1. The first-order chi connectivity index (χ1) is 6.92. The lowest BCUT2D eigenvalue weighted by Crippen LogP contribution is -2.43. The van der Waals surface area contributed by atoms with Crippen LogP contribution in [0.1, 0.15) is 39.5 Å². The van der Waals surface area contributed by atoms with Crippen LogP contribution in [0.5, 0.6) is 0 Å². The molecule has 84 valence electrons. The molecule has 0 saturated heterocycles. The molecule has 0 aromatic heterocycles. The van der Waals surface area contributed by atoms with Crippen LogP contribution in [0.2, 0.25) is 0 Å². The highest BCUT2D eigenvalue weighted by Crippen LogP contribution is 2.24. The van der Waals surface area contributed by atoms with Crippen LogP contribution in [-0.2, 0) is 4.79 Å².